The molecule has 0 saturated heterocycles. The first-order chi connectivity index (χ1) is 12.8. The van der Waals surface area contributed by atoms with Crippen molar-refractivity contribution in [2.75, 3.05) is 13.2 Å². The third-order valence-corrected chi connectivity index (χ3v) is 3.69. The second-order valence-electron chi connectivity index (χ2n) is 7.41. The Morgan fingerprint density at radius 3 is 2.78 bits per heavy atom. The van der Waals surface area contributed by atoms with Gasteiger partial charge in [0.2, 0.25) is 11.8 Å². The van der Waals surface area contributed by atoms with Crippen molar-refractivity contribution < 1.29 is 13.9 Å². The second kappa shape index (κ2) is 7.69. The summed E-state index contributed by atoms with van der Waals surface area (Å²) in [5, 5.41) is 15.3. The smallest absolute Gasteiger partial charge is 0.231 e. The zero-order valence-electron chi connectivity index (χ0n) is 15.6. The van der Waals surface area contributed by atoms with Gasteiger partial charge in [0.1, 0.15) is 12.4 Å². The summed E-state index contributed by atoms with van der Waals surface area (Å²) < 4.78 is 20.6. The summed E-state index contributed by atoms with van der Waals surface area (Å²) in [7, 11) is 0. The van der Waals surface area contributed by atoms with E-state index in [2.05, 4.69) is 20.6 Å². The van der Waals surface area contributed by atoms with Crippen molar-refractivity contribution in [3.05, 3.63) is 42.2 Å². The van der Waals surface area contributed by atoms with Gasteiger partial charge in [0, 0.05) is 18.1 Å². The van der Waals surface area contributed by atoms with Crippen LogP contribution in [0.25, 0.3) is 17.0 Å². The molecule has 0 atom stereocenters. The molecule has 7 nitrogen and oxygen atoms in total. The van der Waals surface area contributed by atoms with Gasteiger partial charge < -0.3 is 10.1 Å². The van der Waals surface area contributed by atoms with Crippen LogP contribution in [0.2, 0.25) is 0 Å². The van der Waals surface area contributed by atoms with E-state index in [0.717, 1.165) is 0 Å². The Bertz CT molecular complexity index is 949. The van der Waals surface area contributed by atoms with Gasteiger partial charge in [-0.25, -0.2) is 4.39 Å². The van der Waals surface area contributed by atoms with Crippen LogP contribution in [0.4, 0.5) is 4.39 Å². The van der Waals surface area contributed by atoms with Crippen molar-refractivity contribution in [2.45, 2.75) is 27.2 Å². The minimum Gasteiger partial charge on any atom is -0.475 e. The van der Waals surface area contributed by atoms with Crippen molar-refractivity contribution in [1.29, 1.82) is 0 Å². The van der Waals surface area contributed by atoms with Crippen LogP contribution in [-0.2, 0) is 4.79 Å². The highest BCUT2D eigenvalue weighted by Gasteiger charge is 2.15. The second-order valence-corrected chi connectivity index (χ2v) is 7.41. The van der Waals surface area contributed by atoms with E-state index < -0.39 is 0 Å². The molecule has 1 aromatic carbocycles. The van der Waals surface area contributed by atoms with Crippen molar-refractivity contribution in [3.8, 4) is 17.3 Å². The van der Waals surface area contributed by atoms with E-state index in [9.17, 15) is 9.18 Å². The van der Waals surface area contributed by atoms with E-state index in [0.29, 0.717) is 35.9 Å². The largest absolute Gasteiger partial charge is 0.475 e. The van der Waals surface area contributed by atoms with Crippen LogP contribution in [0.3, 0.4) is 0 Å². The fraction of sp³-hybridized carbons (Fsp3) is 0.368. The van der Waals surface area contributed by atoms with Crippen LogP contribution < -0.4 is 10.1 Å². The average molecular weight is 371 g/mol. The molecule has 1 amide bonds. The number of carbonyl (C=O) groups excluding carboxylic acids is 1. The van der Waals surface area contributed by atoms with Gasteiger partial charge in [-0.15, -0.1) is 15.3 Å². The van der Waals surface area contributed by atoms with Crippen molar-refractivity contribution in [3.63, 3.8) is 0 Å². The Morgan fingerprint density at radius 2 is 2.04 bits per heavy atom. The molecule has 0 saturated carbocycles. The Kier molecular flexibility index (Phi) is 5.34. The lowest BCUT2D eigenvalue weighted by Gasteiger charge is -2.17. The Hall–Kier alpha value is -3.03. The van der Waals surface area contributed by atoms with Crippen LogP contribution in [0.1, 0.15) is 27.2 Å². The number of fused-ring (bicyclic) bond motifs is 1. The van der Waals surface area contributed by atoms with Crippen molar-refractivity contribution >= 4 is 11.6 Å². The molecule has 142 valence electrons. The van der Waals surface area contributed by atoms with Crippen LogP contribution in [0.5, 0.6) is 5.88 Å². The minimum absolute atomic E-state index is 0.0123. The summed E-state index contributed by atoms with van der Waals surface area (Å²) in [5.74, 6) is 0.419. The fourth-order valence-corrected chi connectivity index (χ4v) is 2.55. The maximum atomic E-state index is 13.5. The number of rotatable bonds is 6. The van der Waals surface area contributed by atoms with Gasteiger partial charge >= 0.3 is 0 Å². The molecule has 1 N–H and O–H groups in total. The van der Waals surface area contributed by atoms with Crippen LogP contribution in [0, 0.1) is 11.2 Å². The van der Waals surface area contributed by atoms with E-state index >= 15 is 0 Å². The van der Waals surface area contributed by atoms with Crippen LogP contribution in [0.15, 0.2) is 36.4 Å². The van der Waals surface area contributed by atoms with E-state index in [4.69, 9.17) is 4.74 Å². The molecule has 0 aliphatic carbocycles. The fourth-order valence-electron chi connectivity index (χ4n) is 2.55. The third kappa shape index (κ3) is 4.99. The van der Waals surface area contributed by atoms with Crippen molar-refractivity contribution in [2.24, 2.45) is 5.41 Å². The monoisotopic (exact) mass is 371 g/mol. The quantitative estimate of drug-likeness (QED) is 0.674. The summed E-state index contributed by atoms with van der Waals surface area (Å²) >= 11 is 0. The summed E-state index contributed by atoms with van der Waals surface area (Å²) in [6.07, 6.45) is 0.453. The lowest BCUT2D eigenvalue weighted by Crippen LogP contribution is -2.31. The predicted octanol–water partition coefficient (Wildman–Crippen LogP) is 2.86. The molecule has 0 bridgehead atoms. The molecule has 2 aromatic heterocycles. The first-order valence-corrected chi connectivity index (χ1v) is 8.70. The molecule has 0 radical (unpaired) electrons. The first kappa shape index (κ1) is 18.8. The average Bonchev–Trinajstić information content (AvgIpc) is 3.00. The summed E-state index contributed by atoms with van der Waals surface area (Å²) in [5.41, 5.74) is 1.04. The van der Waals surface area contributed by atoms with Crippen LogP contribution in [-0.4, -0.2) is 38.9 Å². The zero-order valence-corrected chi connectivity index (χ0v) is 15.6. The predicted molar refractivity (Wildman–Crippen MR) is 98.8 cm³/mol. The van der Waals surface area contributed by atoms with Gasteiger partial charge in [-0.05, 0) is 23.6 Å². The highest BCUT2D eigenvalue weighted by molar-refractivity contribution is 5.76. The topological polar surface area (TPSA) is 81.4 Å². The normalized spacial score (nSPS) is 11.6. The number of hydrogen-bond donors (Lipinski definition) is 1. The van der Waals surface area contributed by atoms with Gasteiger partial charge in [0.05, 0.1) is 6.54 Å². The number of aromatic nitrogens is 4. The molecule has 0 unspecified atom stereocenters. The summed E-state index contributed by atoms with van der Waals surface area (Å²) in [6.45, 7) is 6.70. The number of ether oxygens (including phenoxy) is 1. The number of benzene rings is 1. The standard InChI is InChI=1S/C19H22FN5O2/c1-19(2,3)12-16(26)21-9-10-27-17-8-7-15-22-23-18(25(15)24-17)13-5-4-6-14(20)11-13/h4-8,11H,9-10,12H2,1-3H3,(H,21,26). The number of hydrogen-bond acceptors (Lipinski definition) is 5. The number of nitrogens with one attached hydrogen (secondary N) is 1. The zero-order chi connectivity index (χ0) is 19.4. The highest BCUT2D eigenvalue weighted by atomic mass is 19.1. The van der Waals surface area contributed by atoms with Gasteiger partial charge in [0.15, 0.2) is 11.5 Å². The lowest BCUT2D eigenvalue weighted by molar-refractivity contribution is -0.122. The Balaban J connectivity index is 1.65. The third-order valence-electron chi connectivity index (χ3n) is 3.69. The van der Waals surface area contributed by atoms with Crippen molar-refractivity contribution in [1.82, 2.24) is 25.1 Å². The van der Waals surface area contributed by atoms with E-state index in [1.807, 2.05) is 20.8 Å². The summed E-state index contributed by atoms with van der Waals surface area (Å²) in [6, 6.07) is 9.47. The number of nitrogens with zero attached hydrogens (tertiary/aromatic N) is 4. The van der Waals surface area contributed by atoms with E-state index in [-0.39, 0.29) is 23.7 Å². The van der Waals surface area contributed by atoms with Gasteiger partial charge in [-0.2, -0.15) is 4.52 Å². The molecule has 0 aliphatic rings. The molecule has 8 heteroatoms. The molecule has 0 spiro atoms. The number of halogens is 1. The maximum Gasteiger partial charge on any atom is 0.231 e. The molecule has 0 fully saturated rings. The molecule has 27 heavy (non-hydrogen) atoms. The van der Waals surface area contributed by atoms with Gasteiger partial charge in [-0.1, -0.05) is 32.9 Å². The van der Waals surface area contributed by atoms with Gasteiger partial charge in [0.25, 0.3) is 0 Å². The van der Waals surface area contributed by atoms with E-state index in [1.165, 1.54) is 16.6 Å². The lowest BCUT2D eigenvalue weighted by atomic mass is 9.92. The summed E-state index contributed by atoms with van der Waals surface area (Å²) in [4.78, 5) is 11.8. The minimum atomic E-state index is -0.359. The highest BCUT2D eigenvalue weighted by Crippen LogP contribution is 2.20. The number of amides is 1. The Morgan fingerprint density at radius 1 is 1.22 bits per heavy atom. The molecule has 0 aliphatic heterocycles. The van der Waals surface area contributed by atoms with E-state index in [1.54, 1.807) is 24.3 Å². The molecule has 3 aromatic rings. The molecular formula is C19H22FN5O2. The van der Waals surface area contributed by atoms with Gasteiger partial charge in [-0.3, -0.25) is 4.79 Å². The number of carbonyl (C=O) groups is 1. The Labute approximate surface area is 156 Å². The molecule has 3 rings (SSSR count). The maximum absolute atomic E-state index is 13.5. The first-order valence-electron chi connectivity index (χ1n) is 8.70. The molecule has 2 heterocycles. The SMILES string of the molecule is CC(C)(C)CC(=O)NCCOc1ccc2nnc(-c3cccc(F)c3)n2n1. The molecular weight excluding hydrogens is 349 g/mol. The van der Waals surface area contributed by atoms with Crippen LogP contribution >= 0.6 is 0 Å².